The number of aromatic nitrogens is 5. The van der Waals surface area contributed by atoms with Gasteiger partial charge in [-0.15, -0.1) is 0 Å². The third-order valence-corrected chi connectivity index (χ3v) is 7.90. The topological polar surface area (TPSA) is 86.2 Å². The van der Waals surface area contributed by atoms with E-state index >= 15 is 0 Å². The van der Waals surface area contributed by atoms with Crippen LogP contribution >= 0.6 is 0 Å². The molecule has 5 heterocycles. The summed E-state index contributed by atoms with van der Waals surface area (Å²) in [6, 6.07) is 2.75. The molecule has 30 heavy (non-hydrogen) atoms. The van der Waals surface area contributed by atoms with Gasteiger partial charge < -0.3 is 9.80 Å². The number of aromatic amines is 1. The molecule has 2 spiro atoms. The fourth-order valence-electron chi connectivity index (χ4n) is 6.20. The second-order valence-electron chi connectivity index (χ2n) is 10.6. The molecule has 3 aliphatic heterocycles. The highest BCUT2D eigenvalue weighted by atomic mass is 16.2. The van der Waals surface area contributed by atoms with Gasteiger partial charge in [0.15, 0.2) is 5.82 Å². The fourth-order valence-corrected chi connectivity index (χ4v) is 6.20. The number of hydrogen-bond donors (Lipinski definition) is 1. The van der Waals surface area contributed by atoms with Crippen molar-refractivity contribution in [3.63, 3.8) is 0 Å². The molecule has 1 N–H and O–H groups in total. The second kappa shape index (κ2) is 5.84. The summed E-state index contributed by atoms with van der Waals surface area (Å²) in [6.07, 6.45) is 8.48. The quantitative estimate of drug-likeness (QED) is 0.828. The van der Waals surface area contributed by atoms with E-state index in [9.17, 15) is 4.79 Å². The molecule has 0 unspecified atom stereocenters. The minimum Gasteiger partial charge on any atom is -0.323 e. The monoisotopic (exact) mass is 408 g/mol. The van der Waals surface area contributed by atoms with Gasteiger partial charge >= 0.3 is 6.03 Å². The number of H-pyrrole nitrogens is 1. The van der Waals surface area contributed by atoms with E-state index in [1.54, 1.807) is 6.20 Å². The summed E-state index contributed by atoms with van der Waals surface area (Å²) in [6.45, 7) is 6.77. The van der Waals surface area contributed by atoms with Crippen molar-refractivity contribution in [1.82, 2.24) is 39.7 Å². The first kappa shape index (κ1) is 17.3. The van der Waals surface area contributed by atoms with E-state index in [1.165, 1.54) is 12.8 Å². The van der Waals surface area contributed by atoms with E-state index in [0.29, 0.717) is 22.8 Å². The van der Waals surface area contributed by atoms with Crippen LogP contribution in [-0.4, -0.2) is 85.0 Å². The summed E-state index contributed by atoms with van der Waals surface area (Å²) in [5, 5.41) is 11.7. The Balaban J connectivity index is 0.863. The van der Waals surface area contributed by atoms with Gasteiger partial charge in [-0.05, 0) is 31.7 Å². The highest BCUT2D eigenvalue weighted by Gasteiger charge is 2.58. The van der Waals surface area contributed by atoms with Crippen LogP contribution in [0.5, 0.6) is 0 Å². The van der Waals surface area contributed by atoms with Crippen molar-refractivity contribution in [3.8, 4) is 0 Å². The Morgan fingerprint density at radius 1 is 1.07 bits per heavy atom. The van der Waals surface area contributed by atoms with Crippen LogP contribution in [0, 0.1) is 10.8 Å². The average Bonchev–Trinajstić information content (AvgIpc) is 3.11. The zero-order valence-electron chi connectivity index (χ0n) is 17.2. The molecule has 0 bridgehead atoms. The van der Waals surface area contributed by atoms with Crippen LogP contribution in [-0.2, 0) is 6.54 Å². The zero-order valence-corrected chi connectivity index (χ0v) is 17.2. The molecule has 5 fully saturated rings. The SMILES string of the molecule is O=C(N1CC2(CC(n3cnc(C4CC4)n3)C2)C1)N1CC2(CN(Cc3ccn[nH]3)C2)C1. The number of nitrogens with one attached hydrogen (secondary N) is 1. The molecular formula is C21H28N8O. The van der Waals surface area contributed by atoms with E-state index < -0.39 is 0 Å². The van der Waals surface area contributed by atoms with Gasteiger partial charge in [0.2, 0.25) is 0 Å². The minimum absolute atomic E-state index is 0.249. The lowest BCUT2D eigenvalue weighted by molar-refractivity contribution is -0.120. The largest absolute Gasteiger partial charge is 0.323 e. The van der Waals surface area contributed by atoms with Crippen molar-refractivity contribution >= 4 is 6.03 Å². The molecule has 2 amide bonds. The lowest BCUT2D eigenvalue weighted by Crippen LogP contribution is -2.75. The van der Waals surface area contributed by atoms with Crippen molar-refractivity contribution < 1.29 is 4.79 Å². The number of carbonyl (C=O) groups excluding carboxylic acids is 1. The third kappa shape index (κ3) is 2.64. The van der Waals surface area contributed by atoms with Crippen molar-refractivity contribution in [2.45, 2.75) is 44.2 Å². The number of amides is 2. The lowest BCUT2D eigenvalue weighted by Gasteiger charge is -2.63. The van der Waals surface area contributed by atoms with Gasteiger partial charge in [-0.3, -0.25) is 10.00 Å². The van der Waals surface area contributed by atoms with Crippen LogP contribution in [0.4, 0.5) is 4.79 Å². The predicted octanol–water partition coefficient (Wildman–Crippen LogP) is 1.45. The zero-order chi connectivity index (χ0) is 19.9. The minimum atomic E-state index is 0.249. The summed E-state index contributed by atoms with van der Waals surface area (Å²) < 4.78 is 2.08. The Bertz CT molecular complexity index is 951. The molecule has 2 aromatic rings. The Morgan fingerprint density at radius 2 is 1.80 bits per heavy atom. The molecule has 3 saturated heterocycles. The van der Waals surface area contributed by atoms with E-state index in [-0.39, 0.29) is 6.03 Å². The summed E-state index contributed by atoms with van der Waals surface area (Å²) in [7, 11) is 0. The maximum Gasteiger partial charge on any atom is 0.320 e. The van der Waals surface area contributed by atoms with E-state index in [4.69, 9.17) is 5.10 Å². The standard InChI is InChI=1S/C21H28N8O/c30-19(28-12-21(13-28)8-26(9-21)7-16-3-4-23-24-16)27-10-20(11-27)5-17(6-20)29-14-22-18(25-29)15-1-2-15/h3-4,14-15,17H,1-2,5-13H2,(H,23,24). The average molecular weight is 409 g/mol. The predicted molar refractivity (Wildman–Crippen MR) is 108 cm³/mol. The normalized spacial score (nSPS) is 26.9. The molecule has 2 aromatic heterocycles. The van der Waals surface area contributed by atoms with Gasteiger partial charge in [-0.1, -0.05) is 0 Å². The van der Waals surface area contributed by atoms with Crippen LogP contribution in [0.25, 0.3) is 0 Å². The lowest BCUT2D eigenvalue weighted by atomic mass is 9.60. The molecular weight excluding hydrogens is 380 g/mol. The maximum atomic E-state index is 12.8. The first-order chi connectivity index (χ1) is 14.6. The molecule has 2 saturated carbocycles. The maximum absolute atomic E-state index is 12.8. The number of rotatable bonds is 4. The molecule has 0 atom stereocenters. The molecule has 7 rings (SSSR count). The molecule has 9 heteroatoms. The van der Waals surface area contributed by atoms with Crippen LogP contribution in [0.1, 0.15) is 49.2 Å². The van der Waals surface area contributed by atoms with E-state index in [0.717, 1.165) is 70.2 Å². The Kier molecular flexibility index (Phi) is 3.36. The van der Waals surface area contributed by atoms with Crippen molar-refractivity contribution in [2.75, 3.05) is 39.3 Å². The Hall–Kier alpha value is -2.42. The van der Waals surface area contributed by atoms with E-state index in [1.807, 2.05) is 12.4 Å². The Labute approximate surface area is 175 Å². The van der Waals surface area contributed by atoms with Crippen molar-refractivity contribution in [1.29, 1.82) is 0 Å². The summed E-state index contributed by atoms with van der Waals surface area (Å²) >= 11 is 0. The number of nitrogens with zero attached hydrogens (tertiary/aromatic N) is 7. The van der Waals surface area contributed by atoms with Crippen molar-refractivity contribution in [3.05, 3.63) is 30.1 Å². The number of carbonyl (C=O) groups is 1. The van der Waals surface area contributed by atoms with Gasteiger partial charge in [-0.25, -0.2) is 14.5 Å². The number of hydrogen-bond acceptors (Lipinski definition) is 5. The smallest absolute Gasteiger partial charge is 0.320 e. The number of likely N-dealkylation sites (tertiary alicyclic amines) is 3. The van der Waals surface area contributed by atoms with Crippen LogP contribution in [0.15, 0.2) is 18.6 Å². The molecule has 9 nitrogen and oxygen atoms in total. The van der Waals surface area contributed by atoms with E-state index in [2.05, 4.69) is 34.6 Å². The summed E-state index contributed by atoms with van der Waals surface area (Å²) in [4.78, 5) is 23.9. The first-order valence-corrected chi connectivity index (χ1v) is 11.2. The number of urea groups is 1. The molecule has 0 radical (unpaired) electrons. The highest BCUT2D eigenvalue weighted by Crippen LogP contribution is 2.54. The molecule has 2 aliphatic carbocycles. The van der Waals surface area contributed by atoms with Gasteiger partial charge in [-0.2, -0.15) is 10.2 Å². The van der Waals surface area contributed by atoms with Gasteiger partial charge in [0.25, 0.3) is 0 Å². The molecule has 5 aliphatic rings. The first-order valence-electron chi connectivity index (χ1n) is 11.2. The summed E-state index contributed by atoms with van der Waals surface area (Å²) in [5.41, 5.74) is 1.84. The second-order valence-corrected chi connectivity index (χ2v) is 10.6. The molecule has 0 aromatic carbocycles. The van der Waals surface area contributed by atoms with Crippen LogP contribution in [0.3, 0.4) is 0 Å². The fraction of sp³-hybridized carbons (Fsp3) is 0.714. The summed E-state index contributed by atoms with van der Waals surface area (Å²) in [5.74, 6) is 1.65. The molecule has 158 valence electrons. The highest BCUT2D eigenvalue weighted by molar-refractivity contribution is 5.77. The van der Waals surface area contributed by atoms with Gasteiger partial charge in [0.05, 0.1) is 6.04 Å². The van der Waals surface area contributed by atoms with Crippen LogP contribution < -0.4 is 0 Å². The third-order valence-electron chi connectivity index (χ3n) is 7.90. The van der Waals surface area contributed by atoms with Gasteiger partial charge in [0, 0.05) is 74.5 Å². The van der Waals surface area contributed by atoms with Crippen LogP contribution in [0.2, 0.25) is 0 Å². The van der Waals surface area contributed by atoms with Crippen molar-refractivity contribution in [2.24, 2.45) is 10.8 Å². The Morgan fingerprint density at radius 3 is 2.47 bits per heavy atom. The van der Waals surface area contributed by atoms with Gasteiger partial charge in [0.1, 0.15) is 6.33 Å².